The van der Waals surface area contributed by atoms with Gasteiger partial charge in [-0.3, -0.25) is 4.79 Å². The molecule has 22 heavy (non-hydrogen) atoms. The number of thioether (sulfide) groups is 1. The molecule has 1 aromatic rings. The number of halogens is 1. The van der Waals surface area contributed by atoms with Crippen LogP contribution in [0.1, 0.15) is 37.3 Å². The second-order valence-electron chi connectivity index (χ2n) is 6.75. The number of carbonyl (C=O) groups is 1. The Labute approximate surface area is 140 Å². The van der Waals surface area contributed by atoms with E-state index in [0.717, 1.165) is 49.5 Å². The maximum absolute atomic E-state index is 12.7. The van der Waals surface area contributed by atoms with Gasteiger partial charge in [-0.15, -0.1) is 11.8 Å². The van der Waals surface area contributed by atoms with Gasteiger partial charge < -0.3 is 10.6 Å². The SMILES string of the molecule is O=C(NC1CCSc2ccc(Cl)cc21)C1CC12CCNCC2. The molecule has 2 N–H and O–H groups in total. The van der Waals surface area contributed by atoms with Crippen LogP contribution in [-0.2, 0) is 4.79 Å². The molecule has 1 saturated heterocycles. The molecule has 0 bridgehead atoms. The van der Waals surface area contributed by atoms with E-state index in [0.29, 0.717) is 5.41 Å². The highest BCUT2D eigenvalue weighted by Gasteiger charge is 2.57. The third kappa shape index (κ3) is 2.66. The molecular formula is C17H21ClN2OS. The molecule has 1 amide bonds. The van der Waals surface area contributed by atoms with Gasteiger partial charge in [0.25, 0.3) is 0 Å². The third-order valence-corrected chi connectivity index (χ3v) is 6.79. The summed E-state index contributed by atoms with van der Waals surface area (Å²) in [6.07, 6.45) is 4.36. The first-order valence-electron chi connectivity index (χ1n) is 8.11. The molecule has 1 aliphatic carbocycles. The van der Waals surface area contributed by atoms with Crippen LogP contribution in [0, 0.1) is 11.3 Å². The third-order valence-electron chi connectivity index (χ3n) is 5.43. The van der Waals surface area contributed by atoms with Crippen molar-refractivity contribution in [2.75, 3.05) is 18.8 Å². The van der Waals surface area contributed by atoms with Gasteiger partial charge >= 0.3 is 0 Å². The Hall–Kier alpha value is -0.710. The summed E-state index contributed by atoms with van der Waals surface area (Å²) < 4.78 is 0. The number of hydrogen-bond donors (Lipinski definition) is 2. The molecule has 4 rings (SSSR count). The molecule has 0 radical (unpaired) electrons. The Morgan fingerprint density at radius 3 is 3.00 bits per heavy atom. The van der Waals surface area contributed by atoms with E-state index in [2.05, 4.69) is 16.7 Å². The van der Waals surface area contributed by atoms with Crippen LogP contribution in [-0.4, -0.2) is 24.7 Å². The van der Waals surface area contributed by atoms with Gasteiger partial charge in [0.15, 0.2) is 0 Å². The van der Waals surface area contributed by atoms with Gasteiger partial charge in [-0.2, -0.15) is 0 Å². The Bertz CT molecular complexity index is 600. The Morgan fingerprint density at radius 2 is 2.18 bits per heavy atom. The average molecular weight is 337 g/mol. The lowest BCUT2D eigenvalue weighted by molar-refractivity contribution is -0.124. The first-order chi connectivity index (χ1) is 10.7. The molecule has 1 spiro atoms. The predicted molar refractivity (Wildman–Crippen MR) is 90.3 cm³/mol. The lowest BCUT2D eigenvalue weighted by Gasteiger charge is -2.27. The predicted octanol–water partition coefficient (Wildman–Crippen LogP) is 3.38. The molecule has 2 aliphatic heterocycles. The van der Waals surface area contributed by atoms with E-state index in [1.807, 2.05) is 23.9 Å². The highest BCUT2D eigenvalue weighted by atomic mass is 35.5. The van der Waals surface area contributed by atoms with Crippen LogP contribution in [0.5, 0.6) is 0 Å². The maximum atomic E-state index is 12.7. The number of fused-ring (bicyclic) bond motifs is 1. The number of benzene rings is 1. The van der Waals surface area contributed by atoms with Crippen molar-refractivity contribution in [1.82, 2.24) is 10.6 Å². The molecule has 5 heteroatoms. The average Bonchev–Trinajstić information content (AvgIpc) is 3.22. The van der Waals surface area contributed by atoms with E-state index >= 15 is 0 Å². The van der Waals surface area contributed by atoms with E-state index in [4.69, 9.17) is 11.6 Å². The van der Waals surface area contributed by atoms with Crippen molar-refractivity contribution >= 4 is 29.3 Å². The fourth-order valence-corrected chi connectivity index (χ4v) is 5.27. The molecule has 2 fully saturated rings. The summed E-state index contributed by atoms with van der Waals surface area (Å²) in [5, 5.41) is 7.45. The van der Waals surface area contributed by atoms with Gasteiger partial charge in [0, 0.05) is 21.6 Å². The van der Waals surface area contributed by atoms with E-state index in [1.54, 1.807) is 0 Å². The highest BCUT2D eigenvalue weighted by Crippen LogP contribution is 2.58. The minimum Gasteiger partial charge on any atom is -0.349 e. The number of nitrogens with one attached hydrogen (secondary N) is 2. The van der Waals surface area contributed by atoms with Crippen LogP contribution in [0.25, 0.3) is 0 Å². The molecule has 118 valence electrons. The normalized spacial score (nSPS) is 29.0. The summed E-state index contributed by atoms with van der Waals surface area (Å²) in [5.41, 5.74) is 1.49. The molecular weight excluding hydrogens is 316 g/mol. The van der Waals surface area contributed by atoms with Crippen LogP contribution in [0.3, 0.4) is 0 Å². The number of carbonyl (C=O) groups excluding carboxylic acids is 1. The monoisotopic (exact) mass is 336 g/mol. The van der Waals surface area contributed by atoms with Gasteiger partial charge in [-0.25, -0.2) is 0 Å². The second kappa shape index (κ2) is 5.73. The van der Waals surface area contributed by atoms with Crippen LogP contribution in [0.4, 0.5) is 0 Å². The maximum Gasteiger partial charge on any atom is 0.224 e. The number of piperidine rings is 1. The summed E-state index contributed by atoms with van der Waals surface area (Å²) >= 11 is 8.00. The van der Waals surface area contributed by atoms with Gasteiger partial charge in [-0.05, 0) is 68.0 Å². The summed E-state index contributed by atoms with van der Waals surface area (Å²) in [5.74, 6) is 1.54. The molecule has 3 nitrogen and oxygen atoms in total. The van der Waals surface area contributed by atoms with E-state index < -0.39 is 0 Å². The molecule has 3 aliphatic rings. The smallest absolute Gasteiger partial charge is 0.224 e. The quantitative estimate of drug-likeness (QED) is 0.870. The number of hydrogen-bond acceptors (Lipinski definition) is 3. The molecule has 1 aromatic carbocycles. The lowest BCUT2D eigenvalue weighted by Crippen LogP contribution is -2.36. The minimum atomic E-state index is 0.127. The van der Waals surface area contributed by atoms with Crippen molar-refractivity contribution in [3.05, 3.63) is 28.8 Å². The zero-order valence-corrected chi connectivity index (χ0v) is 14.1. The molecule has 2 heterocycles. The van der Waals surface area contributed by atoms with Gasteiger partial charge in [0.2, 0.25) is 5.91 Å². The van der Waals surface area contributed by atoms with Crippen LogP contribution in [0.2, 0.25) is 5.02 Å². The van der Waals surface area contributed by atoms with E-state index in [-0.39, 0.29) is 17.9 Å². The highest BCUT2D eigenvalue weighted by molar-refractivity contribution is 7.99. The first-order valence-corrected chi connectivity index (χ1v) is 9.48. The zero-order valence-electron chi connectivity index (χ0n) is 12.5. The summed E-state index contributed by atoms with van der Waals surface area (Å²) in [7, 11) is 0. The van der Waals surface area contributed by atoms with Crippen LogP contribution < -0.4 is 10.6 Å². The van der Waals surface area contributed by atoms with E-state index in [9.17, 15) is 4.79 Å². The molecule has 2 atom stereocenters. The van der Waals surface area contributed by atoms with Gasteiger partial charge in [-0.1, -0.05) is 11.6 Å². The topological polar surface area (TPSA) is 41.1 Å². The fourth-order valence-electron chi connectivity index (χ4n) is 3.98. The number of rotatable bonds is 2. The summed E-state index contributed by atoms with van der Waals surface area (Å²) in [4.78, 5) is 13.9. The first kappa shape index (κ1) is 14.9. The van der Waals surface area contributed by atoms with Crippen molar-refractivity contribution in [2.24, 2.45) is 11.3 Å². The second-order valence-corrected chi connectivity index (χ2v) is 8.32. The Balaban J connectivity index is 1.46. The van der Waals surface area contributed by atoms with Crippen molar-refractivity contribution in [3.63, 3.8) is 0 Å². The standard InChI is InChI=1S/C17H21ClN2OS/c18-11-1-2-15-12(9-11)14(3-8-22-15)20-16(21)13-10-17(13)4-6-19-7-5-17/h1-2,9,13-14,19H,3-8,10H2,(H,20,21). The van der Waals surface area contributed by atoms with Gasteiger partial charge in [0.05, 0.1) is 6.04 Å². The van der Waals surface area contributed by atoms with Crippen molar-refractivity contribution in [2.45, 2.75) is 36.6 Å². The minimum absolute atomic E-state index is 0.127. The van der Waals surface area contributed by atoms with Crippen LogP contribution >= 0.6 is 23.4 Å². The Kier molecular flexibility index (Phi) is 3.87. The van der Waals surface area contributed by atoms with Crippen molar-refractivity contribution < 1.29 is 4.79 Å². The lowest BCUT2D eigenvalue weighted by atomic mass is 9.91. The molecule has 0 aromatic heterocycles. The van der Waals surface area contributed by atoms with Gasteiger partial charge in [0.1, 0.15) is 0 Å². The Morgan fingerprint density at radius 1 is 1.36 bits per heavy atom. The zero-order chi connectivity index (χ0) is 15.2. The summed E-state index contributed by atoms with van der Waals surface area (Å²) in [6, 6.07) is 6.15. The molecule has 1 saturated carbocycles. The number of amides is 1. The summed E-state index contributed by atoms with van der Waals surface area (Å²) in [6.45, 7) is 2.12. The molecule has 2 unspecified atom stereocenters. The van der Waals surface area contributed by atoms with Crippen LogP contribution in [0.15, 0.2) is 23.1 Å². The van der Waals surface area contributed by atoms with Crippen molar-refractivity contribution in [1.29, 1.82) is 0 Å². The van der Waals surface area contributed by atoms with E-state index in [1.165, 1.54) is 10.5 Å². The van der Waals surface area contributed by atoms with Crippen molar-refractivity contribution in [3.8, 4) is 0 Å². The largest absolute Gasteiger partial charge is 0.349 e. The fraction of sp³-hybridized carbons (Fsp3) is 0.588.